The molecule has 1 aliphatic heterocycles. The first-order valence-electron chi connectivity index (χ1n) is 7.75. The van der Waals surface area contributed by atoms with Gasteiger partial charge in [0.2, 0.25) is 0 Å². The summed E-state index contributed by atoms with van der Waals surface area (Å²) in [5.41, 5.74) is 4.22. The summed E-state index contributed by atoms with van der Waals surface area (Å²) in [7, 11) is 2.18. The number of likely N-dealkylation sites (N-methyl/N-ethyl adjacent to an activating group) is 1. The van der Waals surface area contributed by atoms with Crippen LogP contribution in [0.4, 0.5) is 0 Å². The number of ether oxygens (including phenoxy) is 1. The molecule has 0 spiro atoms. The smallest absolute Gasteiger partial charge is 0.0954 e. The number of hydrogen-bond acceptors (Lipinski definition) is 2. The first kappa shape index (κ1) is 14.3. The van der Waals surface area contributed by atoms with E-state index in [2.05, 4.69) is 66.5 Å². The zero-order chi connectivity index (χ0) is 14.5. The molecule has 1 aliphatic rings. The minimum Gasteiger partial charge on any atom is -0.372 e. The summed E-state index contributed by atoms with van der Waals surface area (Å²) in [6.07, 6.45) is 2.35. The quantitative estimate of drug-likeness (QED) is 0.832. The molecule has 3 rings (SSSR count). The molecule has 2 heteroatoms. The lowest BCUT2D eigenvalue weighted by molar-refractivity contribution is 0.0213. The summed E-state index contributed by atoms with van der Waals surface area (Å²) in [5.74, 6) is 0. The van der Waals surface area contributed by atoms with Gasteiger partial charge in [-0.1, -0.05) is 54.6 Å². The maximum atomic E-state index is 5.99. The molecular weight excluding hydrogens is 258 g/mol. The molecule has 1 heterocycles. The molecule has 2 aromatic carbocycles. The molecule has 110 valence electrons. The lowest BCUT2D eigenvalue weighted by atomic mass is 9.97. The summed E-state index contributed by atoms with van der Waals surface area (Å²) in [6, 6.07) is 19.4. The van der Waals surface area contributed by atoms with Crippen LogP contribution in [0.3, 0.4) is 0 Å². The van der Waals surface area contributed by atoms with E-state index in [0.717, 1.165) is 32.5 Å². The molecule has 21 heavy (non-hydrogen) atoms. The van der Waals surface area contributed by atoms with Crippen molar-refractivity contribution in [3.05, 3.63) is 71.3 Å². The standard InChI is InChI=1S/C19H23NO/c1-20(13-11-16-7-3-2-4-8-16)15-19-18-10-6-5-9-17(18)12-14-21-19/h2-10,19H,11-15H2,1H3. The lowest BCUT2D eigenvalue weighted by Crippen LogP contribution is -2.30. The first-order chi connectivity index (χ1) is 10.3. The molecule has 0 aromatic heterocycles. The van der Waals surface area contributed by atoms with Crippen LogP contribution < -0.4 is 0 Å². The molecule has 1 atom stereocenters. The van der Waals surface area contributed by atoms with Gasteiger partial charge >= 0.3 is 0 Å². The van der Waals surface area contributed by atoms with Gasteiger partial charge in [0, 0.05) is 13.1 Å². The second-order valence-corrected chi connectivity index (χ2v) is 5.81. The number of nitrogens with zero attached hydrogens (tertiary/aromatic N) is 1. The van der Waals surface area contributed by atoms with Crippen LogP contribution >= 0.6 is 0 Å². The summed E-state index contributed by atoms with van der Waals surface area (Å²) in [5, 5.41) is 0. The highest BCUT2D eigenvalue weighted by Crippen LogP contribution is 2.27. The Morgan fingerprint density at radius 1 is 1.05 bits per heavy atom. The third-order valence-electron chi connectivity index (χ3n) is 4.19. The number of benzene rings is 2. The van der Waals surface area contributed by atoms with E-state index in [4.69, 9.17) is 4.74 Å². The second kappa shape index (κ2) is 6.88. The highest BCUT2D eigenvalue weighted by Gasteiger charge is 2.21. The molecule has 0 bridgehead atoms. The molecule has 0 amide bonds. The highest BCUT2D eigenvalue weighted by molar-refractivity contribution is 5.31. The Balaban J connectivity index is 1.57. The van der Waals surface area contributed by atoms with E-state index in [1.165, 1.54) is 16.7 Å². The van der Waals surface area contributed by atoms with Gasteiger partial charge < -0.3 is 9.64 Å². The van der Waals surface area contributed by atoms with Crippen LogP contribution in [0.5, 0.6) is 0 Å². The summed E-state index contributed by atoms with van der Waals surface area (Å²) in [4.78, 5) is 2.37. The second-order valence-electron chi connectivity index (χ2n) is 5.81. The van der Waals surface area contributed by atoms with Gasteiger partial charge in [-0.15, -0.1) is 0 Å². The fraction of sp³-hybridized carbons (Fsp3) is 0.368. The van der Waals surface area contributed by atoms with Crippen molar-refractivity contribution < 1.29 is 4.74 Å². The predicted molar refractivity (Wildman–Crippen MR) is 86.5 cm³/mol. The van der Waals surface area contributed by atoms with E-state index < -0.39 is 0 Å². The van der Waals surface area contributed by atoms with Crippen molar-refractivity contribution in [2.24, 2.45) is 0 Å². The molecule has 2 nitrogen and oxygen atoms in total. The van der Waals surface area contributed by atoms with Crippen LogP contribution in [0.25, 0.3) is 0 Å². The van der Waals surface area contributed by atoms with E-state index in [1.54, 1.807) is 0 Å². The van der Waals surface area contributed by atoms with Crippen LogP contribution in [0, 0.1) is 0 Å². The van der Waals surface area contributed by atoms with E-state index in [-0.39, 0.29) is 6.10 Å². The van der Waals surface area contributed by atoms with Crippen molar-refractivity contribution in [3.63, 3.8) is 0 Å². The van der Waals surface area contributed by atoms with Crippen molar-refractivity contribution >= 4 is 0 Å². The van der Waals surface area contributed by atoms with Crippen LogP contribution in [0.15, 0.2) is 54.6 Å². The van der Waals surface area contributed by atoms with E-state index >= 15 is 0 Å². The number of hydrogen-bond donors (Lipinski definition) is 0. The van der Waals surface area contributed by atoms with Crippen LogP contribution in [-0.4, -0.2) is 31.6 Å². The van der Waals surface area contributed by atoms with Crippen molar-refractivity contribution in [3.8, 4) is 0 Å². The molecule has 2 aromatic rings. The highest BCUT2D eigenvalue weighted by atomic mass is 16.5. The van der Waals surface area contributed by atoms with Crippen molar-refractivity contribution in [1.82, 2.24) is 4.90 Å². The van der Waals surface area contributed by atoms with Crippen LogP contribution in [0.2, 0.25) is 0 Å². The number of fused-ring (bicyclic) bond motifs is 1. The average Bonchev–Trinajstić information content (AvgIpc) is 2.54. The maximum absolute atomic E-state index is 5.99. The third-order valence-corrected chi connectivity index (χ3v) is 4.19. The van der Waals surface area contributed by atoms with Gasteiger partial charge in [0.25, 0.3) is 0 Å². The third kappa shape index (κ3) is 3.72. The Kier molecular flexibility index (Phi) is 4.69. The van der Waals surface area contributed by atoms with Crippen LogP contribution in [-0.2, 0) is 17.6 Å². The Labute approximate surface area is 127 Å². The van der Waals surface area contributed by atoms with Gasteiger partial charge in [-0.05, 0) is 36.6 Å². The zero-order valence-corrected chi connectivity index (χ0v) is 12.7. The molecule has 1 unspecified atom stereocenters. The van der Waals surface area contributed by atoms with Gasteiger partial charge in [-0.3, -0.25) is 0 Å². The summed E-state index contributed by atoms with van der Waals surface area (Å²) >= 11 is 0. The molecular formula is C19H23NO. The Morgan fingerprint density at radius 3 is 2.67 bits per heavy atom. The zero-order valence-electron chi connectivity index (χ0n) is 12.7. The molecule has 0 saturated heterocycles. The summed E-state index contributed by atoms with van der Waals surface area (Å²) < 4.78 is 5.99. The van der Waals surface area contributed by atoms with E-state index in [9.17, 15) is 0 Å². The van der Waals surface area contributed by atoms with E-state index in [1.807, 2.05) is 0 Å². The Hall–Kier alpha value is -1.64. The topological polar surface area (TPSA) is 12.5 Å². The fourth-order valence-electron chi connectivity index (χ4n) is 2.97. The Morgan fingerprint density at radius 2 is 1.81 bits per heavy atom. The molecule has 0 N–H and O–H groups in total. The molecule has 0 saturated carbocycles. The monoisotopic (exact) mass is 281 g/mol. The normalized spacial score (nSPS) is 17.7. The van der Waals surface area contributed by atoms with Gasteiger partial charge in [0.05, 0.1) is 12.7 Å². The average molecular weight is 281 g/mol. The first-order valence-corrected chi connectivity index (χ1v) is 7.75. The molecule has 0 fully saturated rings. The Bertz CT molecular complexity index is 567. The molecule has 0 aliphatic carbocycles. The van der Waals surface area contributed by atoms with Crippen LogP contribution in [0.1, 0.15) is 22.8 Å². The van der Waals surface area contributed by atoms with Crippen molar-refractivity contribution in [2.45, 2.75) is 18.9 Å². The largest absolute Gasteiger partial charge is 0.372 e. The minimum atomic E-state index is 0.218. The van der Waals surface area contributed by atoms with Crippen molar-refractivity contribution in [2.75, 3.05) is 26.7 Å². The van der Waals surface area contributed by atoms with Gasteiger partial charge in [0.1, 0.15) is 0 Å². The number of rotatable bonds is 5. The predicted octanol–water partition coefficient (Wildman–Crippen LogP) is 3.47. The molecule has 0 radical (unpaired) electrons. The van der Waals surface area contributed by atoms with Crippen molar-refractivity contribution in [1.29, 1.82) is 0 Å². The minimum absolute atomic E-state index is 0.218. The van der Waals surface area contributed by atoms with Gasteiger partial charge in [0.15, 0.2) is 0 Å². The fourth-order valence-corrected chi connectivity index (χ4v) is 2.97. The van der Waals surface area contributed by atoms with Gasteiger partial charge in [-0.25, -0.2) is 0 Å². The maximum Gasteiger partial charge on any atom is 0.0954 e. The van der Waals surface area contributed by atoms with Gasteiger partial charge in [-0.2, -0.15) is 0 Å². The SMILES string of the molecule is CN(CCc1ccccc1)CC1OCCc2ccccc21. The summed E-state index contributed by atoms with van der Waals surface area (Å²) in [6.45, 7) is 2.87. The van der Waals surface area contributed by atoms with E-state index in [0.29, 0.717) is 0 Å². The lowest BCUT2D eigenvalue weighted by Gasteiger charge is -2.29.